The van der Waals surface area contributed by atoms with Gasteiger partial charge in [0.05, 0.1) is 6.26 Å². The molecule has 1 aromatic heterocycles. The maximum Gasteiger partial charge on any atom is 0.303 e. The number of carbonyl (C=O) groups is 1. The van der Waals surface area contributed by atoms with Crippen LogP contribution in [0.1, 0.15) is 23.0 Å². The predicted octanol–water partition coefficient (Wildman–Crippen LogP) is 3.10. The van der Waals surface area contributed by atoms with Crippen molar-refractivity contribution in [2.45, 2.75) is 6.92 Å². The summed E-state index contributed by atoms with van der Waals surface area (Å²) in [5.41, 5.74) is 4.37. The van der Waals surface area contributed by atoms with Gasteiger partial charge in [-0.15, -0.1) is 0 Å². The van der Waals surface area contributed by atoms with Gasteiger partial charge in [0, 0.05) is 19.2 Å². The molecule has 0 aliphatic heterocycles. The number of hydrazine groups is 1. The molecule has 5 heteroatoms. The van der Waals surface area contributed by atoms with Crippen molar-refractivity contribution in [1.82, 2.24) is 10.4 Å². The van der Waals surface area contributed by atoms with E-state index in [1.807, 2.05) is 6.92 Å². The zero-order valence-corrected chi connectivity index (χ0v) is 12.0. The lowest BCUT2D eigenvalue weighted by Gasteiger charge is -2.17. The van der Waals surface area contributed by atoms with Crippen LogP contribution < -0.4 is 5.43 Å². The number of carbonyl (C=O) groups excluding carboxylic acids is 1. The summed E-state index contributed by atoms with van der Waals surface area (Å²) in [6.07, 6.45) is 3.19. The first-order valence-corrected chi connectivity index (χ1v) is 6.54. The van der Waals surface area contributed by atoms with Crippen LogP contribution in [-0.2, 0) is 0 Å². The summed E-state index contributed by atoms with van der Waals surface area (Å²) in [5.74, 6) is -0.267. The van der Waals surface area contributed by atoms with Crippen molar-refractivity contribution >= 4 is 12.0 Å². The van der Waals surface area contributed by atoms with Gasteiger partial charge >= 0.3 is 5.91 Å². The van der Waals surface area contributed by atoms with Gasteiger partial charge in [-0.05, 0) is 25.1 Å². The summed E-state index contributed by atoms with van der Waals surface area (Å²) >= 11 is 0. The topological polar surface area (TPSA) is 45.5 Å². The van der Waals surface area contributed by atoms with Crippen molar-refractivity contribution in [1.29, 1.82) is 0 Å². The third kappa shape index (κ3) is 4.03. The Morgan fingerprint density at radius 2 is 2.10 bits per heavy atom. The Bertz CT molecular complexity index is 635. The minimum absolute atomic E-state index is 0.265. The van der Waals surface area contributed by atoms with Crippen molar-refractivity contribution in [2.75, 3.05) is 13.6 Å². The fourth-order valence-electron chi connectivity index (χ4n) is 1.79. The second-order valence-electron chi connectivity index (χ2n) is 4.69. The largest absolute Gasteiger partial charge is 0.459 e. The minimum Gasteiger partial charge on any atom is -0.459 e. The lowest BCUT2D eigenvalue weighted by molar-refractivity contribution is 0.0691. The molecular formula is C16H17FN2O2. The van der Waals surface area contributed by atoms with Gasteiger partial charge in [-0.1, -0.05) is 29.8 Å². The zero-order valence-electron chi connectivity index (χ0n) is 12.0. The van der Waals surface area contributed by atoms with Crippen LogP contribution in [0.15, 0.2) is 52.7 Å². The smallest absolute Gasteiger partial charge is 0.303 e. The maximum absolute atomic E-state index is 13.5. The monoisotopic (exact) mass is 288 g/mol. The van der Waals surface area contributed by atoms with E-state index < -0.39 is 0 Å². The Kier molecular flexibility index (Phi) is 4.90. The molecule has 0 saturated carbocycles. The highest BCUT2D eigenvalue weighted by Crippen LogP contribution is 2.11. The fourth-order valence-corrected chi connectivity index (χ4v) is 1.79. The average molecular weight is 288 g/mol. The van der Waals surface area contributed by atoms with Crippen LogP contribution in [0, 0.1) is 5.82 Å². The van der Waals surface area contributed by atoms with E-state index in [1.165, 1.54) is 17.3 Å². The van der Waals surface area contributed by atoms with Crippen LogP contribution in [-0.4, -0.2) is 24.5 Å². The zero-order chi connectivity index (χ0) is 15.2. The Balaban J connectivity index is 1.93. The molecule has 1 N–H and O–H groups in total. The fraction of sp³-hybridized carbons (Fsp3) is 0.188. The van der Waals surface area contributed by atoms with Gasteiger partial charge in [0.2, 0.25) is 0 Å². The van der Waals surface area contributed by atoms with Gasteiger partial charge in [0.25, 0.3) is 0 Å². The number of nitrogens with zero attached hydrogens (tertiary/aromatic N) is 1. The molecule has 0 bridgehead atoms. The molecule has 0 saturated heterocycles. The Labute approximate surface area is 122 Å². The molecule has 1 amide bonds. The van der Waals surface area contributed by atoms with E-state index in [1.54, 1.807) is 43.5 Å². The van der Waals surface area contributed by atoms with Crippen LogP contribution in [0.4, 0.5) is 4.39 Å². The van der Waals surface area contributed by atoms with Crippen molar-refractivity contribution in [3.63, 3.8) is 0 Å². The molecule has 2 aromatic rings. The predicted molar refractivity (Wildman–Crippen MR) is 78.9 cm³/mol. The quantitative estimate of drug-likeness (QED) is 0.860. The Morgan fingerprint density at radius 1 is 1.33 bits per heavy atom. The third-order valence-corrected chi connectivity index (χ3v) is 2.94. The van der Waals surface area contributed by atoms with E-state index in [4.69, 9.17) is 4.42 Å². The van der Waals surface area contributed by atoms with Crippen LogP contribution >= 0.6 is 0 Å². The lowest BCUT2D eigenvalue weighted by atomic mass is 10.1. The highest BCUT2D eigenvalue weighted by molar-refractivity contribution is 5.90. The minimum atomic E-state index is -0.267. The van der Waals surface area contributed by atoms with Gasteiger partial charge in [0.15, 0.2) is 5.76 Å². The molecule has 0 aliphatic carbocycles. The molecule has 110 valence electrons. The summed E-state index contributed by atoms with van der Waals surface area (Å²) in [4.78, 5) is 11.9. The van der Waals surface area contributed by atoms with Gasteiger partial charge in [-0.3, -0.25) is 9.80 Å². The number of hydrogen-bond acceptors (Lipinski definition) is 3. The van der Waals surface area contributed by atoms with E-state index in [0.29, 0.717) is 12.1 Å². The first-order chi connectivity index (χ1) is 10.1. The van der Waals surface area contributed by atoms with Crippen LogP contribution in [0.5, 0.6) is 0 Å². The van der Waals surface area contributed by atoms with Crippen molar-refractivity contribution in [3.8, 4) is 0 Å². The van der Waals surface area contributed by atoms with Gasteiger partial charge in [-0.2, -0.15) is 0 Å². The molecular weight excluding hydrogens is 271 g/mol. The molecule has 0 atom stereocenters. The Hall–Kier alpha value is -2.40. The second-order valence-corrected chi connectivity index (χ2v) is 4.69. The molecule has 0 aliphatic rings. The highest BCUT2D eigenvalue weighted by Gasteiger charge is 2.13. The number of nitrogens with one attached hydrogen (secondary N) is 1. The van der Waals surface area contributed by atoms with Gasteiger partial charge in [-0.25, -0.2) is 9.82 Å². The summed E-state index contributed by atoms with van der Waals surface area (Å²) < 4.78 is 18.6. The SMILES string of the molecule is CC(=Cc1ccccc1F)CNN(C)C(=O)c1ccco1. The van der Waals surface area contributed by atoms with Crippen LogP contribution in [0.2, 0.25) is 0 Å². The van der Waals surface area contributed by atoms with Gasteiger partial charge < -0.3 is 4.42 Å². The average Bonchev–Trinajstić information content (AvgIpc) is 3.00. The molecule has 1 heterocycles. The highest BCUT2D eigenvalue weighted by atomic mass is 19.1. The molecule has 2 rings (SSSR count). The standard InChI is InChI=1S/C16H17FN2O2/c1-12(10-13-6-3-4-7-14(13)17)11-18-19(2)16(20)15-8-5-9-21-15/h3-10,18H,11H2,1-2H3. The number of halogens is 1. The van der Waals surface area contributed by atoms with Gasteiger partial charge in [0.1, 0.15) is 5.82 Å². The number of rotatable bonds is 5. The normalized spacial score (nSPS) is 11.5. The lowest BCUT2D eigenvalue weighted by Crippen LogP contribution is -2.40. The van der Waals surface area contributed by atoms with E-state index >= 15 is 0 Å². The first-order valence-electron chi connectivity index (χ1n) is 6.54. The number of hydrogen-bond donors (Lipinski definition) is 1. The van der Waals surface area contributed by atoms with Crippen molar-refractivity contribution in [2.24, 2.45) is 0 Å². The van der Waals surface area contributed by atoms with Crippen LogP contribution in [0.3, 0.4) is 0 Å². The summed E-state index contributed by atoms with van der Waals surface area (Å²) in [5, 5.41) is 1.34. The van der Waals surface area contributed by atoms with E-state index in [9.17, 15) is 9.18 Å². The third-order valence-electron chi connectivity index (χ3n) is 2.94. The van der Waals surface area contributed by atoms with Crippen LogP contribution in [0.25, 0.3) is 6.08 Å². The summed E-state index contributed by atoms with van der Waals surface area (Å²) in [6, 6.07) is 9.81. The molecule has 0 radical (unpaired) electrons. The summed E-state index contributed by atoms with van der Waals surface area (Å²) in [7, 11) is 1.61. The van der Waals surface area contributed by atoms with Crippen molar-refractivity contribution in [3.05, 3.63) is 65.4 Å². The molecule has 0 fully saturated rings. The molecule has 1 aromatic carbocycles. The number of furan rings is 1. The Morgan fingerprint density at radius 3 is 2.76 bits per heavy atom. The molecule has 0 unspecified atom stereocenters. The number of benzene rings is 1. The molecule has 21 heavy (non-hydrogen) atoms. The second kappa shape index (κ2) is 6.85. The summed E-state index contributed by atoms with van der Waals surface area (Å²) in [6.45, 7) is 2.29. The maximum atomic E-state index is 13.5. The molecule has 0 spiro atoms. The van der Waals surface area contributed by atoms with Crippen molar-refractivity contribution < 1.29 is 13.6 Å². The van der Waals surface area contributed by atoms with E-state index in [-0.39, 0.29) is 17.5 Å². The first kappa shape index (κ1) is 15.0. The number of amides is 1. The molecule has 4 nitrogen and oxygen atoms in total. The van der Waals surface area contributed by atoms with E-state index in [2.05, 4.69) is 5.43 Å². The van der Waals surface area contributed by atoms with E-state index in [0.717, 1.165) is 5.57 Å².